The van der Waals surface area contributed by atoms with E-state index in [1.54, 1.807) is 18.2 Å². The molecule has 1 aliphatic carbocycles. The van der Waals surface area contributed by atoms with E-state index in [1.807, 2.05) is 0 Å². The van der Waals surface area contributed by atoms with Gasteiger partial charge in [0.1, 0.15) is 17.2 Å². The van der Waals surface area contributed by atoms with E-state index in [-0.39, 0.29) is 35.0 Å². The Morgan fingerprint density at radius 3 is 2.68 bits per heavy atom. The lowest BCUT2D eigenvalue weighted by Gasteiger charge is -2.32. The largest absolute Gasteiger partial charge is 0.472 e. The summed E-state index contributed by atoms with van der Waals surface area (Å²) in [5.41, 5.74) is 6.56. The zero-order valence-corrected chi connectivity index (χ0v) is 22.3. The first-order valence-corrected chi connectivity index (χ1v) is 13.4. The van der Waals surface area contributed by atoms with E-state index in [0.717, 1.165) is 63.5 Å². The van der Waals surface area contributed by atoms with Crippen molar-refractivity contribution in [3.05, 3.63) is 39.9 Å². The number of rotatable bonds is 11. The first-order valence-electron chi connectivity index (χ1n) is 12.3. The van der Waals surface area contributed by atoms with Crippen LogP contribution in [0.2, 0.25) is 5.02 Å². The van der Waals surface area contributed by atoms with Gasteiger partial charge in [-0.15, -0.1) is 0 Å². The molecular formula is C24H32ClN7O4S. The summed E-state index contributed by atoms with van der Waals surface area (Å²) in [5.74, 6) is -0.961. The predicted molar refractivity (Wildman–Crippen MR) is 142 cm³/mol. The van der Waals surface area contributed by atoms with Crippen molar-refractivity contribution in [3.8, 4) is 5.88 Å². The highest BCUT2D eigenvalue weighted by Gasteiger charge is 2.25. The van der Waals surface area contributed by atoms with Crippen LogP contribution < -0.4 is 26.4 Å². The van der Waals surface area contributed by atoms with Crippen molar-refractivity contribution in [2.24, 2.45) is 5.73 Å². The van der Waals surface area contributed by atoms with Crippen molar-refractivity contribution in [1.82, 2.24) is 24.8 Å². The van der Waals surface area contributed by atoms with Crippen LogP contribution in [0.25, 0.3) is 0 Å². The molecule has 2 aliphatic rings. The molecule has 2 heterocycles. The van der Waals surface area contributed by atoms with Crippen molar-refractivity contribution in [2.75, 3.05) is 51.6 Å². The number of carbonyl (C=O) groups excluding carboxylic acids is 3. The van der Waals surface area contributed by atoms with Crippen molar-refractivity contribution in [2.45, 2.75) is 31.9 Å². The summed E-state index contributed by atoms with van der Waals surface area (Å²) in [7, 11) is 2.11. The molecular weight excluding hydrogens is 518 g/mol. The Bertz CT molecular complexity index is 1130. The number of nitrogens with two attached hydrogens (primary N) is 1. The van der Waals surface area contributed by atoms with E-state index >= 15 is 0 Å². The molecule has 1 aliphatic heterocycles. The summed E-state index contributed by atoms with van der Waals surface area (Å²) in [5, 5.41) is 8.97. The Morgan fingerprint density at radius 1 is 1.22 bits per heavy atom. The third kappa shape index (κ3) is 7.78. The molecule has 200 valence electrons. The molecule has 4 amide bonds. The second-order valence-corrected chi connectivity index (χ2v) is 10.5. The average Bonchev–Trinajstić information content (AvgIpc) is 3.59. The molecule has 4 rings (SSSR count). The number of piperazine rings is 1. The number of hydrogen-bond acceptors (Lipinski definition) is 8. The van der Waals surface area contributed by atoms with Gasteiger partial charge >= 0.3 is 6.03 Å². The maximum atomic E-state index is 12.4. The van der Waals surface area contributed by atoms with Crippen molar-refractivity contribution in [1.29, 1.82) is 0 Å². The number of benzene rings is 1. The molecule has 0 atom stereocenters. The fourth-order valence-electron chi connectivity index (χ4n) is 3.87. The predicted octanol–water partition coefficient (Wildman–Crippen LogP) is 2.13. The standard InChI is InChI=1S/C24H32ClN7O4S/c1-31-9-11-32(12-10-31)8-2-7-27-24(35)29-23-19(20(26)33)22(30-37-23)36-14-16-13-15(3-6-18(16)25)21(34)28-17-4-5-17/h3,6,13,17H,2,4-5,7-12,14H2,1H3,(H2,26,33)(H,28,34)(H2,27,29,35). The van der Waals surface area contributed by atoms with E-state index in [0.29, 0.717) is 22.7 Å². The summed E-state index contributed by atoms with van der Waals surface area (Å²) in [6.07, 6.45) is 2.79. The molecule has 0 bridgehead atoms. The minimum atomic E-state index is -0.780. The first-order chi connectivity index (χ1) is 17.8. The second kappa shape index (κ2) is 12.5. The van der Waals surface area contributed by atoms with Crippen LogP contribution in [0, 0.1) is 0 Å². The summed E-state index contributed by atoms with van der Waals surface area (Å²) in [6, 6.07) is 4.70. The molecule has 1 saturated heterocycles. The number of amides is 4. The number of aromatic nitrogens is 1. The van der Waals surface area contributed by atoms with E-state index in [9.17, 15) is 14.4 Å². The fraction of sp³-hybridized carbons (Fsp3) is 0.500. The number of anilines is 1. The highest BCUT2D eigenvalue weighted by molar-refractivity contribution is 7.11. The quantitative estimate of drug-likeness (QED) is 0.314. The van der Waals surface area contributed by atoms with Crippen LogP contribution in [0.15, 0.2) is 18.2 Å². The van der Waals surface area contributed by atoms with Gasteiger partial charge in [-0.3, -0.25) is 14.9 Å². The van der Waals surface area contributed by atoms with Crippen molar-refractivity contribution < 1.29 is 19.1 Å². The Morgan fingerprint density at radius 2 is 1.97 bits per heavy atom. The summed E-state index contributed by atoms with van der Waals surface area (Å²) in [4.78, 5) is 41.5. The number of halogens is 1. The smallest absolute Gasteiger partial charge is 0.319 e. The number of nitrogens with zero attached hydrogens (tertiary/aromatic N) is 3. The van der Waals surface area contributed by atoms with Gasteiger partial charge in [-0.05, 0) is 62.6 Å². The van der Waals surface area contributed by atoms with Crippen LogP contribution in [0.3, 0.4) is 0 Å². The molecule has 5 N–H and O–H groups in total. The maximum Gasteiger partial charge on any atom is 0.319 e. The maximum absolute atomic E-state index is 12.4. The third-order valence-electron chi connectivity index (χ3n) is 6.25. The minimum Gasteiger partial charge on any atom is -0.472 e. The molecule has 13 heteroatoms. The van der Waals surface area contributed by atoms with Gasteiger partial charge in [-0.2, -0.15) is 4.37 Å². The molecule has 2 aromatic rings. The van der Waals surface area contributed by atoms with Gasteiger partial charge in [0, 0.05) is 54.9 Å². The Hall–Kier alpha value is -2.93. The fourth-order valence-corrected chi connectivity index (χ4v) is 4.78. The number of ether oxygens (including phenoxy) is 1. The molecule has 0 spiro atoms. The number of carbonyl (C=O) groups is 3. The Balaban J connectivity index is 1.29. The third-order valence-corrected chi connectivity index (χ3v) is 7.37. The van der Waals surface area contributed by atoms with Crippen LogP contribution in [0.1, 0.15) is 45.5 Å². The lowest BCUT2D eigenvalue weighted by Crippen LogP contribution is -2.45. The molecule has 2 fully saturated rings. The second-order valence-electron chi connectivity index (χ2n) is 9.28. The number of nitrogens with one attached hydrogen (secondary N) is 3. The SMILES string of the molecule is CN1CCN(CCCNC(=O)Nc2snc(OCc3cc(C(=O)NC4CC4)ccc3Cl)c2C(N)=O)CC1. The molecule has 11 nitrogen and oxygen atoms in total. The number of hydrogen-bond donors (Lipinski definition) is 4. The van der Waals surface area contributed by atoms with Crippen molar-refractivity contribution in [3.63, 3.8) is 0 Å². The van der Waals surface area contributed by atoms with Crippen LogP contribution in [-0.4, -0.2) is 84.4 Å². The van der Waals surface area contributed by atoms with Gasteiger partial charge in [-0.1, -0.05) is 11.6 Å². The summed E-state index contributed by atoms with van der Waals surface area (Å²) in [6.45, 7) is 5.51. The molecule has 1 saturated carbocycles. The van der Waals surface area contributed by atoms with E-state index in [2.05, 4.69) is 37.2 Å². The van der Waals surface area contributed by atoms with Crippen LogP contribution in [-0.2, 0) is 6.61 Å². The lowest BCUT2D eigenvalue weighted by molar-refractivity contribution is 0.0949. The average molecular weight is 550 g/mol. The van der Waals surface area contributed by atoms with Crippen LogP contribution in [0.5, 0.6) is 5.88 Å². The highest BCUT2D eigenvalue weighted by Crippen LogP contribution is 2.31. The van der Waals surface area contributed by atoms with Gasteiger partial charge in [-0.25, -0.2) is 4.79 Å². The molecule has 1 aromatic heterocycles. The van der Waals surface area contributed by atoms with Crippen molar-refractivity contribution >= 4 is 46.0 Å². The van der Waals surface area contributed by atoms with E-state index in [1.165, 1.54) is 0 Å². The Kier molecular flexibility index (Phi) is 9.19. The van der Waals surface area contributed by atoms with Crippen LogP contribution in [0.4, 0.5) is 9.80 Å². The molecule has 0 radical (unpaired) electrons. The van der Waals surface area contributed by atoms with E-state index < -0.39 is 11.9 Å². The zero-order chi connectivity index (χ0) is 26.4. The van der Waals surface area contributed by atoms with Gasteiger partial charge in [0.05, 0.1) is 0 Å². The first kappa shape index (κ1) is 27.1. The lowest BCUT2D eigenvalue weighted by atomic mass is 10.1. The van der Waals surface area contributed by atoms with E-state index in [4.69, 9.17) is 22.1 Å². The Labute approximate surface area is 224 Å². The van der Waals surface area contributed by atoms with Gasteiger partial charge < -0.3 is 30.9 Å². The summed E-state index contributed by atoms with van der Waals surface area (Å²) < 4.78 is 9.88. The normalized spacial score (nSPS) is 16.3. The van der Waals surface area contributed by atoms with Gasteiger partial charge in [0.2, 0.25) is 5.88 Å². The van der Waals surface area contributed by atoms with Crippen LogP contribution >= 0.6 is 23.1 Å². The highest BCUT2D eigenvalue weighted by atomic mass is 35.5. The topological polar surface area (TPSA) is 142 Å². The number of likely N-dealkylation sites (N-methyl/N-ethyl adjacent to an activating group) is 1. The minimum absolute atomic E-state index is 0.00762. The monoisotopic (exact) mass is 549 g/mol. The number of urea groups is 1. The van der Waals surface area contributed by atoms with Gasteiger partial charge in [0.25, 0.3) is 11.8 Å². The number of primary amides is 1. The molecule has 1 aromatic carbocycles. The zero-order valence-electron chi connectivity index (χ0n) is 20.7. The summed E-state index contributed by atoms with van der Waals surface area (Å²) >= 11 is 7.18. The van der Waals surface area contributed by atoms with Gasteiger partial charge in [0.15, 0.2) is 0 Å². The molecule has 0 unspecified atom stereocenters. The molecule has 37 heavy (non-hydrogen) atoms.